The van der Waals surface area contributed by atoms with E-state index in [2.05, 4.69) is 5.32 Å². The largest absolute Gasteiger partial charge is 0.332 e. The number of rotatable bonds is 6. The summed E-state index contributed by atoms with van der Waals surface area (Å²) in [4.78, 5) is 27.4. The zero-order valence-electron chi connectivity index (χ0n) is 15.9. The van der Waals surface area contributed by atoms with Gasteiger partial charge in [-0.1, -0.05) is 54.6 Å². The topological polar surface area (TPSA) is 49.4 Å². The number of likely N-dealkylation sites (N-methyl/N-ethyl adjacent to an activating group) is 1. The normalized spacial score (nSPS) is 10.4. The van der Waals surface area contributed by atoms with E-state index in [4.69, 9.17) is 0 Å². The van der Waals surface area contributed by atoms with Gasteiger partial charge in [0.1, 0.15) is 0 Å². The van der Waals surface area contributed by atoms with Crippen LogP contribution in [0.1, 0.15) is 10.4 Å². The Labute approximate surface area is 169 Å². The quantitative estimate of drug-likeness (QED) is 0.616. The van der Waals surface area contributed by atoms with Gasteiger partial charge in [-0.15, -0.1) is 11.8 Å². The third-order valence-corrected chi connectivity index (χ3v) is 5.14. The van der Waals surface area contributed by atoms with Crippen LogP contribution in [0, 0.1) is 0 Å². The number of benzene rings is 3. The highest BCUT2D eigenvalue weighted by atomic mass is 32.2. The van der Waals surface area contributed by atoms with Gasteiger partial charge in [0.25, 0.3) is 5.91 Å². The molecule has 1 N–H and O–H groups in total. The standard InChI is InChI=1S/C23H22N2O2S/c1-25(16-22(26)24-20-10-6-7-11-21(20)28-2)23(27)19-14-12-18(13-15-19)17-8-4-3-5-9-17/h3-15H,16H2,1-2H3,(H,24,26). The maximum atomic E-state index is 12.6. The van der Waals surface area contributed by atoms with Gasteiger partial charge in [0.15, 0.2) is 0 Å². The number of anilines is 1. The molecule has 3 aromatic carbocycles. The van der Waals surface area contributed by atoms with Crippen molar-refractivity contribution >= 4 is 29.3 Å². The highest BCUT2D eigenvalue weighted by Gasteiger charge is 2.16. The molecule has 0 aliphatic carbocycles. The van der Waals surface area contributed by atoms with E-state index in [0.717, 1.165) is 21.7 Å². The van der Waals surface area contributed by atoms with Gasteiger partial charge in [0, 0.05) is 17.5 Å². The first-order valence-corrected chi connectivity index (χ1v) is 10.1. The number of hydrogen-bond donors (Lipinski definition) is 1. The maximum absolute atomic E-state index is 12.6. The molecular formula is C23H22N2O2S. The van der Waals surface area contributed by atoms with Crippen LogP contribution < -0.4 is 5.32 Å². The van der Waals surface area contributed by atoms with E-state index < -0.39 is 0 Å². The lowest BCUT2D eigenvalue weighted by molar-refractivity contribution is -0.116. The second-order valence-corrected chi connectivity index (χ2v) is 7.20. The summed E-state index contributed by atoms with van der Waals surface area (Å²) in [6.07, 6.45) is 1.96. The van der Waals surface area contributed by atoms with Crippen molar-refractivity contribution in [3.8, 4) is 11.1 Å². The van der Waals surface area contributed by atoms with E-state index in [-0.39, 0.29) is 18.4 Å². The third kappa shape index (κ3) is 4.81. The van der Waals surface area contributed by atoms with E-state index in [0.29, 0.717) is 5.56 Å². The molecule has 0 fully saturated rings. The van der Waals surface area contributed by atoms with Crippen LogP contribution in [0.25, 0.3) is 11.1 Å². The second kappa shape index (κ2) is 9.24. The minimum absolute atomic E-state index is 0.0119. The van der Waals surface area contributed by atoms with E-state index in [1.54, 1.807) is 30.9 Å². The molecule has 0 spiro atoms. The fourth-order valence-electron chi connectivity index (χ4n) is 2.88. The molecule has 142 valence electrons. The minimum atomic E-state index is -0.224. The van der Waals surface area contributed by atoms with Crippen molar-refractivity contribution < 1.29 is 9.59 Å². The average Bonchev–Trinajstić information content (AvgIpc) is 2.74. The second-order valence-electron chi connectivity index (χ2n) is 6.35. The van der Waals surface area contributed by atoms with Crippen LogP contribution in [0.5, 0.6) is 0 Å². The van der Waals surface area contributed by atoms with Crippen LogP contribution in [-0.2, 0) is 4.79 Å². The molecule has 0 atom stereocenters. The summed E-state index contributed by atoms with van der Waals surface area (Å²) in [5.41, 5.74) is 3.46. The van der Waals surface area contributed by atoms with Gasteiger partial charge < -0.3 is 10.2 Å². The van der Waals surface area contributed by atoms with Crippen LogP contribution in [-0.4, -0.2) is 36.6 Å². The highest BCUT2D eigenvalue weighted by Crippen LogP contribution is 2.24. The number of nitrogens with one attached hydrogen (secondary N) is 1. The Balaban J connectivity index is 1.63. The van der Waals surface area contributed by atoms with Gasteiger partial charge in [-0.2, -0.15) is 0 Å². The van der Waals surface area contributed by atoms with Gasteiger partial charge in [-0.25, -0.2) is 0 Å². The molecule has 0 saturated heterocycles. The number of thioether (sulfide) groups is 1. The predicted molar refractivity (Wildman–Crippen MR) is 116 cm³/mol. The van der Waals surface area contributed by atoms with Crippen molar-refractivity contribution in [2.45, 2.75) is 4.90 Å². The Hall–Kier alpha value is -3.05. The maximum Gasteiger partial charge on any atom is 0.254 e. The van der Waals surface area contributed by atoms with Gasteiger partial charge in [-0.05, 0) is 41.6 Å². The fraction of sp³-hybridized carbons (Fsp3) is 0.130. The van der Waals surface area contributed by atoms with Gasteiger partial charge in [0.05, 0.1) is 12.2 Å². The lowest BCUT2D eigenvalue weighted by Crippen LogP contribution is -2.35. The fourth-order valence-corrected chi connectivity index (χ4v) is 3.43. The average molecular weight is 391 g/mol. The minimum Gasteiger partial charge on any atom is -0.332 e. The molecule has 0 heterocycles. The zero-order chi connectivity index (χ0) is 19.9. The lowest BCUT2D eigenvalue weighted by Gasteiger charge is -2.18. The summed E-state index contributed by atoms with van der Waals surface area (Å²) in [6, 6.07) is 25.0. The first-order chi connectivity index (χ1) is 13.6. The summed E-state index contributed by atoms with van der Waals surface area (Å²) in [5.74, 6) is -0.411. The number of hydrogen-bond acceptors (Lipinski definition) is 3. The molecule has 0 unspecified atom stereocenters. The van der Waals surface area contributed by atoms with Crippen LogP contribution in [0.2, 0.25) is 0 Å². The molecule has 28 heavy (non-hydrogen) atoms. The Morgan fingerprint density at radius 2 is 1.46 bits per heavy atom. The monoisotopic (exact) mass is 390 g/mol. The molecule has 0 bridgehead atoms. The Morgan fingerprint density at radius 1 is 0.857 bits per heavy atom. The zero-order valence-corrected chi connectivity index (χ0v) is 16.7. The Bertz CT molecular complexity index is 956. The van der Waals surface area contributed by atoms with Crippen molar-refractivity contribution in [3.05, 3.63) is 84.4 Å². The van der Waals surface area contributed by atoms with Crippen LogP contribution in [0.3, 0.4) is 0 Å². The Morgan fingerprint density at radius 3 is 2.14 bits per heavy atom. The van der Waals surface area contributed by atoms with Gasteiger partial charge in [0.2, 0.25) is 5.91 Å². The van der Waals surface area contributed by atoms with Crippen LogP contribution in [0.15, 0.2) is 83.8 Å². The number of amides is 2. The summed E-state index contributed by atoms with van der Waals surface area (Å²) in [7, 11) is 1.63. The predicted octanol–water partition coefficient (Wildman–Crippen LogP) is 4.79. The lowest BCUT2D eigenvalue weighted by atomic mass is 10.0. The number of carbonyl (C=O) groups is 2. The first-order valence-electron chi connectivity index (χ1n) is 8.92. The Kier molecular flexibility index (Phi) is 6.50. The summed E-state index contributed by atoms with van der Waals surface area (Å²) in [6.45, 7) is -0.0119. The van der Waals surface area contributed by atoms with E-state index in [1.165, 1.54) is 4.90 Å². The molecule has 0 radical (unpaired) electrons. The van der Waals surface area contributed by atoms with Crippen molar-refractivity contribution in [2.24, 2.45) is 0 Å². The molecular weight excluding hydrogens is 368 g/mol. The number of nitrogens with zero attached hydrogens (tertiary/aromatic N) is 1. The molecule has 3 rings (SSSR count). The smallest absolute Gasteiger partial charge is 0.254 e. The van der Waals surface area contributed by atoms with Crippen LogP contribution in [0.4, 0.5) is 5.69 Å². The summed E-state index contributed by atoms with van der Waals surface area (Å²) < 4.78 is 0. The van der Waals surface area contributed by atoms with Crippen LogP contribution >= 0.6 is 11.8 Å². The van der Waals surface area contributed by atoms with Crippen molar-refractivity contribution in [3.63, 3.8) is 0 Å². The van der Waals surface area contributed by atoms with E-state index in [9.17, 15) is 9.59 Å². The SMILES string of the molecule is CSc1ccccc1NC(=O)CN(C)C(=O)c1ccc(-c2ccccc2)cc1. The molecule has 0 aliphatic rings. The molecule has 0 aromatic heterocycles. The molecule has 3 aromatic rings. The van der Waals surface area contributed by atoms with Gasteiger partial charge in [-0.3, -0.25) is 9.59 Å². The molecule has 0 aliphatic heterocycles. The first kappa shape index (κ1) is 19.7. The van der Waals surface area contributed by atoms with Crippen molar-refractivity contribution in [1.29, 1.82) is 0 Å². The summed E-state index contributed by atoms with van der Waals surface area (Å²) >= 11 is 1.56. The molecule has 2 amide bonds. The summed E-state index contributed by atoms with van der Waals surface area (Å²) in [5, 5.41) is 2.88. The highest BCUT2D eigenvalue weighted by molar-refractivity contribution is 7.98. The molecule has 5 heteroatoms. The van der Waals surface area contributed by atoms with Crippen molar-refractivity contribution in [1.82, 2.24) is 4.90 Å². The number of para-hydroxylation sites is 1. The third-order valence-electron chi connectivity index (χ3n) is 4.35. The molecule has 0 saturated carbocycles. The van der Waals surface area contributed by atoms with E-state index in [1.807, 2.05) is 73.0 Å². The molecule has 4 nitrogen and oxygen atoms in total. The van der Waals surface area contributed by atoms with E-state index >= 15 is 0 Å². The number of carbonyl (C=O) groups excluding carboxylic acids is 2. The van der Waals surface area contributed by atoms with Gasteiger partial charge >= 0.3 is 0 Å². The van der Waals surface area contributed by atoms with Crippen molar-refractivity contribution in [2.75, 3.05) is 25.2 Å².